The number of aromatic nitrogens is 2. The number of benzene rings is 1. The van der Waals surface area contributed by atoms with E-state index in [4.69, 9.17) is 10.1 Å². The van der Waals surface area contributed by atoms with E-state index in [2.05, 4.69) is 9.97 Å². The van der Waals surface area contributed by atoms with Gasteiger partial charge in [0.2, 0.25) is 0 Å². The number of rotatable bonds is 4. The van der Waals surface area contributed by atoms with Gasteiger partial charge < -0.3 is 15.1 Å². The van der Waals surface area contributed by atoms with Gasteiger partial charge in [0.1, 0.15) is 11.3 Å². The maximum Gasteiger partial charge on any atom is 0.152 e. The van der Waals surface area contributed by atoms with Crippen LogP contribution in [0, 0.1) is 5.41 Å². The molecule has 0 aliphatic heterocycles. The summed E-state index contributed by atoms with van der Waals surface area (Å²) in [6, 6.07) is 5.76. The molecule has 2 rings (SSSR count). The van der Waals surface area contributed by atoms with Crippen LogP contribution in [-0.2, 0) is 0 Å². The zero-order valence-electron chi connectivity index (χ0n) is 9.50. The highest BCUT2D eigenvalue weighted by atomic mass is 16.5. The molecule has 4 heteroatoms. The minimum Gasteiger partial charge on any atom is -0.492 e. The fourth-order valence-corrected chi connectivity index (χ4v) is 1.59. The Balaban J connectivity index is 2.52. The molecule has 0 unspecified atom stereocenters. The number of nitrogens with one attached hydrogen (secondary N) is 2. The summed E-state index contributed by atoms with van der Waals surface area (Å²) >= 11 is 0. The van der Waals surface area contributed by atoms with Gasteiger partial charge in [0.25, 0.3) is 0 Å². The highest BCUT2D eigenvalue weighted by Gasteiger charge is 2.09. The standard InChI is InChI=1S/C12H15N3O/c1-3-8(13)12-14-9-6-5-7-10(16-4-2)11(9)15-12/h5-7,13H,3-4H2,1-2H3,(H,14,15). The van der Waals surface area contributed by atoms with Crippen molar-refractivity contribution < 1.29 is 4.74 Å². The van der Waals surface area contributed by atoms with E-state index in [0.717, 1.165) is 16.8 Å². The SMILES string of the molecule is CCOc1cccc2[nH]c(C(=N)CC)nc12. The van der Waals surface area contributed by atoms with E-state index in [1.165, 1.54) is 0 Å². The Morgan fingerprint density at radius 1 is 1.44 bits per heavy atom. The summed E-state index contributed by atoms with van der Waals surface area (Å²) in [6.45, 7) is 4.51. The van der Waals surface area contributed by atoms with Crippen LogP contribution in [0.5, 0.6) is 5.75 Å². The lowest BCUT2D eigenvalue weighted by Gasteiger charge is -2.01. The molecule has 1 aromatic heterocycles. The van der Waals surface area contributed by atoms with Gasteiger partial charge in [-0.15, -0.1) is 0 Å². The molecule has 0 bridgehead atoms. The second kappa shape index (κ2) is 4.35. The van der Waals surface area contributed by atoms with Crippen molar-refractivity contribution in [1.29, 1.82) is 5.41 Å². The van der Waals surface area contributed by atoms with E-state index in [1.54, 1.807) is 0 Å². The number of H-pyrrole nitrogens is 1. The van der Waals surface area contributed by atoms with Crippen LogP contribution in [0.4, 0.5) is 0 Å². The zero-order valence-corrected chi connectivity index (χ0v) is 9.50. The number of para-hydroxylation sites is 1. The third-order valence-corrected chi connectivity index (χ3v) is 2.41. The molecule has 0 fully saturated rings. The monoisotopic (exact) mass is 217 g/mol. The zero-order chi connectivity index (χ0) is 11.5. The Morgan fingerprint density at radius 2 is 2.25 bits per heavy atom. The van der Waals surface area contributed by atoms with Gasteiger partial charge in [-0.1, -0.05) is 13.0 Å². The van der Waals surface area contributed by atoms with Crippen LogP contribution in [0.3, 0.4) is 0 Å². The summed E-state index contributed by atoms with van der Waals surface area (Å²) < 4.78 is 5.49. The number of imidazole rings is 1. The van der Waals surface area contributed by atoms with Crippen molar-refractivity contribution in [2.45, 2.75) is 20.3 Å². The third-order valence-electron chi connectivity index (χ3n) is 2.41. The van der Waals surface area contributed by atoms with Gasteiger partial charge in [0.05, 0.1) is 17.8 Å². The summed E-state index contributed by atoms with van der Waals surface area (Å²) in [6.07, 6.45) is 0.670. The summed E-state index contributed by atoms with van der Waals surface area (Å²) in [4.78, 5) is 7.53. The molecule has 0 spiro atoms. The molecule has 0 atom stereocenters. The second-order valence-corrected chi connectivity index (χ2v) is 3.50. The van der Waals surface area contributed by atoms with Gasteiger partial charge in [-0.25, -0.2) is 4.98 Å². The summed E-state index contributed by atoms with van der Waals surface area (Å²) in [5, 5.41) is 7.75. The van der Waals surface area contributed by atoms with E-state index in [0.29, 0.717) is 24.6 Å². The van der Waals surface area contributed by atoms with Crippen LogP contribution >= 0.6 is 0 Å². The van der Waals surface area contributed by atoms with Gasteiger partial charge in [-0.3, -0.25) is 0 Å². The highest BCUT2D eigenvalue weighted by Crippen LogP contribution is 2.23. The van der Waals surface area contributed by atoms with Crippen molar-refractivity contribution in [2.24, 2.45) is 0 Å². The fraction of sp³-hybridized carbons (Fsp3) is 0.333. The second-order valence-electron chi connectivity index (χ2n) is 3.50. The van der Waals surface area contributed by atoms with E-state index in [-0.39, 0.29) is 0 Å². The first-order valence-corrected chi connectivity index (χ1v) is 5.45. The molecule has 0 aliphatic rings. The van der Waals surface area contributed by atoms with Crippen LogP contribution in [0.1, 0.15) is 26.1 Å². The van der Waals surface area contributed by atoms with Crippen molar-refractivity contribution >= 4 is 16.7 Å². The molecule has 4 nitrogen and oxygen atoms in total. The lowest BCUT2D eigenvalue weighted by atomic mass is 10.3. The molecule has 1 heterocycles. The van der Waals surface area contributed by atoms with E-state index < -0.39 is 0 Å². The number of hydrogen-bond donors (Lipinski definition) is 2. The minimum absolute atomic E-state index is 0.513. The Hall–Kier alpha value is -1.84. The molecular weight excluding hydrogens is 202 g/mol. The van der Waals surface area contributed by atoms with Crippen LogP contribution in [-0.4, -0.2) is 22.3 Å². The third kappa shape index (κ3) is 1.78. The maximum atomic E-state index is 7.75. The number of ether oxygens (including phenoxy) is 1. The Labute approximate surface area is 94.2 Å². The quantitative estimate of drug-likeness (QED) is 0.773. The van der Waals surface area contributed by atoms with Crippen molar-refractivity contribution in [2.75, 3.05) is 6.61 Å². The first-order valence-electron chi connectivity index (χ1n) is 5.45. The van der Waals surface area contributed by atoms with Crippen LogP contribution in [0.15, 0.2) is 18.2 Å². The van der Waals surface area contributed by atoms with Gasteiger partial charge >= 0.3 is 0 Å². The molecule has 0 saturated carbocycles. The Kier molecular flexibility index (Phi) is 2.90. The van der Waals surface area contributed by atoms with Crippen LogP contribution in [0.25, 0.3) is 11.0 Å². The maximum absolute atomic E-state index is 7.75. The number of hydrogen-bond acceptors (Lipinski definition) is 3. The lowest BCUT2D eigenvalue weighted by Crippen LogP contribution is -1.98. The molecule has 0 radical (unpaired) electrons. The van der Waals surface area contributed by atoms with Crippen molar-refractivity contribution in [3.63, 3.8) is 0 Å². The topological polar surface area (TPSA) is 61.8 Å². The summed E-state index contributed by atoms with van der Waals surface area (Å²) in [5.41, 5.74) is 2.23. The van der Waals surface area contributed by atoms with Crippen LogP contribution < -0.4 is 4.74 Å². The number of fused-ring (bicyclic) bond motifs is 1. The van der Waals surface area contributed by atoms with Crippen molar-refractivity contribution in [3.8, 4) is 5.75 Å². The average molecular weight is 217 g/mol. The van der Waals surface area contributed by atoms with E-state index in [9.17, 15) is 0 Å². The minimum atomic E-state index is 0.513. The predicted octanol–water partition coefficient (Wildman–Crippen LogP) is 2.74. The molecule has 0 amide bonds. The van der Waals surface area contributed by atoms with Crippen molar-refractivity contribution in [3.05, 3.63) is 24.0 Å². The van der Waals surface area contributed by atoms with Crippen molar-refractivity contribution in [1.82, 2.24) is 9.97 Å². The Morgan fingerprint density at radius 3 is 2.94 bits per heavy atom. The fourth-order valence-electron chi connectivity index (χ4n) is 1.59. The van der Waals surface area contributed by atoms with Crippen LogP contribution in [0.2, 0.25) is 0 Å². The Bertz CT molecular complexity index is 516. The number of aromatic amines is 1. The smallest absolute Gasteiger partial charge is 0.152 e. The van der Waals surface area contributed by atoms with Gasteiger partial charge in [0, 0.05) is 0 Å². The lowest BCUT2D eigenvalue weighted by molar-refractivity contribution is 0.343. The summed E-state index contributed by atoms with van der Waals surface area (Å²) in [5.74, 6) is 1.40. The average Bonchev–Trinajstić information content (AvgIpc) is 2.73. The molecule has 0 saturated heterocycles. The van der Waals surface area contributed by atoms with E-state index >= 15 is 0 Å². The first-order chi connectivity index (χ1) is 7.76. The predicted molar refractivity (Wildman–Crippen MR) is 64.4 cm³/mol. The molecule has 0 aliphatic carbocycles. The molecule has 16 heavy (non-hydrogen) atoms. The number of nitrogens with zero attached hydrogens (tertiary/aromatic N) is 1. The van der Waals surface area contributed by atoms with Gasteiger partial charge in [-0.05, 0) is 25.5 Å². The molecular formula is C12H15N3O. The van der Waals surface area contributed by atoms with Gasteiger partial charge in [0.15, 0.2) is 5.82 Å². The first kappa shape index (κ1) is 10.7. The molecule has 1 aromatic carbocycles. The largest absolute Gasteiger partial charge is 0.492 e. The van der Waals surface area contributed by atoms with Gasteiger partial charge in [-0.2, -0.15) is 0 Å². The molecule has 2 aromatic rings. The molecule has 2 N–H and O–H groups in total. The highest BCUT2D eigenvalue weighted by molar-refractivity contribution is 5.98. The normalized spacial score (nSPS) is 10.6. The molecule has 84 valence electrons. The van der Waals surface area contributed by atoms with E-state index in [1.807, 2.05) is 32.0 Å². The summed E-state index contributed by atoms with van der Waals surface area (Å²) in [7, 11) is 0.